The number of carboxylic acid groups (broad SMARTS) is 1. The van der Waals surface area contributed by atoms with Crippen LogP contribution in [0.2, 0.25) is 0 Å². The van der Waals surface area contributed by atoms with Crippen LogP contribution in [0.3, 0.4) is 0 Å². The second-order valence-electron chi connectivity index (χ2n) is 4.57. The van der Waals surface area contributed by atoms with Gasteiger partial charge < -0.3 is 10.4 Å². The number of hydrogen-bond donors (Lipinski definition) is 2. The molecule has 1 atom stereocenters. The fourth-order valence-electron chi connectivity index (χ4n) is 1.70. The lowest BCUT2D eigenvalue weighted by Gasteiger charge is -2.16. The first-order chi connectivity index (χ1) is 9.41. The molecule has 0 spiro atoms. The van der Waals surface area contributed by atoms with Crippen LogP contribution >= 0.6 is 11.8 Å². The van der Waals surface area contributed by atoms with Crippen molar-refractivity contribution in [3.63, 3.8) is 0 Å². The Morgan fingerprint density at radius 2 is 2.10 bits per heavy atom. The summed E-state index contributed by atoms with van der Waals surface area (Å²) in [5.74, 6) is -0.400. The van der Waals surface area contributed by atoms with Crippen LogP contribution in [0.5, 0.6) is 0 Å². The molecule has 0 heterocycles. The number of nitrogens with zero attached hydrogens (tertiary/aromatic N) is 1. The molecule has 0 aliphatic heterocycles. The standard InChI is InChI=1S/C13H18N2O4S/c1-9(2)14-10(13(16)17)7-8-20-12-6-4-3-5-11(12)15(18)19/h3-6,9-10,14H,7-8H2,1-2H3,(H,16,17). The van der Waals surface area contributed by atoms with Crippen LogP contribution in [0.4, 0.5) is 5.69 Å². The molecule has 0 fully saturated rings. The van der Waals surface area contributed by atoms with Crippen molar-refractivity contribution in [2.75, 3.05) is 5.75 Å². The smallest absolute Gasteiger partial charge is 0.320 e. The summed E-state index contributed by atoms with van der Waals surface area (Å²) in [6, 6.07) is 5.91. The second kappa shape index (κ2) is 7.86. The summed E-state index contributed by atoms with van der Waals surface area (Å²) >= 11 is 1.30. The van der Waals surface area contributed by atoms with Crippen molar-refractivity contribution in [1.82, 2.24) is 5.32 Å². The van der Waals surface area contributed by atoms with Gasteiger partial charge in [0.25, 0.3) is 5.69 Å². The number of rotatable bonds is 8. The highest BCUT2D eigenvalue weighted by Crippen LogP contribution is 2.29. The Hall–Kier alpha value is -1.60. The maximum Gasteiger partial charge on any atom is 0.320 e. The van der Waals surface area contributed by atoms with Crippen molar-refractivity contribution >= 4 is 23.4 Å². The largest absolute Gasteiger partial charge is 0.480 e. The molecule has 1 unspecified atom stereocenters. The van der Waals surface area contributed by atoms with Crippen LogP contribution < -0.4 is 5.32 Å². The Balaban J connectivity index is 2.59. The lowest BCUT2D eigenvalue weighted by atomic mass is 10.2. The maximum absolute atomic E-state index is 11.1. The van der Waals surface area contributed by atoms with E-state index in [4.69, 9.17) is 5.11 Å². The van der Waals surface area contributed by atoms with E-state index in [1.807, 2.05) is 13.8 Å². The zero-order valence-corrected chi connectivity index (χ0v) is 12.2. The lowest BCUT2D eigenvalue weighted by molar-refractivity contribution is -0.387. The van der Waals surface area contributed by atoms with Crippen molar-refractivity contribution in [2.45, 2.75) is 37.2 Å². The first kappa shape index (κ1) is 16.5. The molecule has 0 saturated carbocycles. The average Bonchev–Trinajstić information content (AvgIpc) is 2.37. The fourth-order valence-corrected chi connectivity index (χ4v) is 2.74. The first-order valence-corrected chi connectivity index (χ1v) is 7.25. The SMILES string of the molecule is CC(C)NC(CCSc1ccccc1[N+](=O)[O-])C(=O)O. The molecule has 20 heavy (non-hydrogen) atoms. The Bertz CT molecular complexity index is 479. The Kier molecular flexibility index (Phi) is 6.47. The third kappa shape index (κ3) is 5.18. The van der Waals surface area contributed by atoms with E-state index in [-0.39, 0.29) is 11.7 Å². The van der Waals surface area contributed by atoms with Gasteiger partial charge >= 0.3 is 5.97 Å². The maximum atomic E-state index is 11.1. The number of nitrogens with one attached hydrogen (secondary N) is 1. The monoisotopic (exact) mass is 298 g/mol. The zero-order chi connectivity index (χ0) is 15.1. The van der Waals surface area contributed by atoms with Crippen LogP contribution in [0.1, 0.15) is 20.3 Å². The molecule has 0 saturated heterocycles. The Morgan fingerprint density at radius 1 is 1.45 bits per heavy atom. The summed E-state index contributed by atoms with van der Waals surface area (Å²) < 4.78 is 0. The van der Waals surface area contributed by atoms with Crippen molar-refractivity contribution < 1.29 is 14.8 Å². The molecule has 0 radical (unpaired) electrons. The van der Waals surface area contributed by atoms with Crippen LogP contribution in [0.25, 0.3) is 0 Å². The number of carboxylic acids is 1. The summed E-state index contributed by atoms with van der Waals surface area (Å²) in [6.07, 6.45) is 0.407. The van der Waals surface area contributed by atoms with Gasteiger partial charge in [-0.25, -0.2) is 0 Å². The number of carbonyl (C=O) groups is 1. The number of hydrogen-bond acceptors (Lipinski definition) is 5. The van der Waals surface area contributed by atoms with Gasteiger partial charge in [0, 0.05) is 17.9 Å². The van der Waals surface area contributed by atoms with Gasteiger partial charge in [-0.1, -0.05) is 26.0 Å². The van der Waals surface area contributed by atoms with Crippen molar-refractivity contribution in [3.05, 3.63) is 34.4 Å². The van der Waals surface area contributed by atoms with Crippen LogP contribution in [-0.2, 0) is 4.79 Å². The van der Waals surface area contributed by atoms with Crippen LogP contribution in [0.15, 0.2) is 29.2 Å². The van der Waals surface area contributed by atoms with Gasteiger partial charge in [-0.15, -0.1) is 11.8 Å². The van der Waals surface area contributed by atoms with E-state index >= 15 is 0 Å². The lowest BCUT2D eigenvalue weighted by Crippen LogP contribution is -2.41. The molecule has 2 N–H and O–H groups in total. The highest BCUT2D eigenvalue weighted by Gasteiger charge is 2.19. The number of aliphatic carboxylic acids is 1. The molecule has 110 valence electrons. The molecule has 1 rings (SSSR count). The highest BCUT2D eigenvalue weighted by atomic mass is 32.2. The predicted octanol–water partition coefficient (Wildman–Crippen LogP) is 2.53. The summed E-state index contributed by atoms with van der Waals surface area (Å²) in [5.41, 5.74) is 0.0567. The second-order valence-corrected chi connectivity index (χ2v) is 5.71. The van der Waals surface area contributed by atoms with Gasteiger partial charge in [-0.2, -0.15) is 0 Å². The van der Waals surface area contributed by atoms with Gasteiger partial charge in [-0.3, -0.25) is 14.9 Å². The minimum Gasteiger partial charge on any atom is -0.480 e. The normalized spacial score (nSPS) is 12.3. The van der Waals surface area contributed by atoms with Gasteiger partial charge in [0.15, 0.2) is 0 Å². The minimum atomic E-state index is -0.901. The first-order valence-electron chi connectivity index (χ1n) is 6.27. The molecule has 0 aliphatic carbocycles. The Labute approximate surface area is 121 Å². The van der Waals surface area contributed by atoms with E-state index < -0.39 is 16.9 Å². The molecule has 6 nitrogen and oxygen atoms in total. The fraction of sp³-hybridized carbons (Fsp3) is 0.462. The number of benzene rings is 1. The molecule has 0 aliphatic rings. The van der Waals surface area contributed by atoms with Crippen molar-refractivity contribution in [1.29, 1.82) is 0 Å². The Morgan fingerprint density at radius 3 is 2.65 bits per heavy atom. The highest BCUT2D eigenvalue weighted by molar-refractivity contribution is 7.99. The minimum absolute atomic E-state index is 0.0567. The molecular formula is C13H18N2O4S. The van der Waals surface area contributed by atoms with Crippen LogP contribution in [0, 0.1) is 10.1 Å². The third-order valence-corrected chi connectivity index (χ3v) is 3.65. The molecule has 0 bridgehead atoms. The topological polar surface area (TPSA) is 92.5 Å². The van der Waals surface area contributed by atoms with E-state index in [1.54, 1.807) is 18.2 Å². The van der Waals surface area contributed by atoms with Crippen molar-refractivity contribution in [2.24, 2.45) is 0 Å². The van der Waals surface area contributed by atoms with Crippen molar-refractivity contribution in [3.8, 4) is 0 Å². The molecular weight excluding hydrogens is 280 g/mol. The third-order valence-electron chi connectivity index (χ3n) is 2.56. The summed E-state index contributed by atoms with van der Waals surface area (Å²) in [4.78, 5) is 22.1. The number of nitro benzene ring substituents is 1. The number of para-hydroxylation sites is 1. The molecule has 1 aromatic carbocycles. The van der Waals surface area contributed by atoms with E-state index in [0.29, 0.717) is 17.1 Å². The number of thioether (sulfide) groups is 1. The summed E-state index contributed by atoms with van der Waals surface area (Å²) in [7, 11) is 0. The quantitative estimate of drug-likeness (QED) is 0.435. The summed E-state index contributed by atoms with van der Waals surface area (Å²) in [5, 5.41) is 22.9. The van der Waals surface area contributed by atoms with Gasteiger partial charge in [0.2, 0.25) is 0 Å². The average molecular weight is 298 g/mol. The van der Waals surface area contributed by atoms with Gasteiger partial charge in [0.1, 0.15) is 6.04 Å². The number of nitro groups is 1. The van der Waals surface area contributed by atoms with E-state index in [1.165, 1.54) is 17.8 Å². The molecule has 7 heteroatoms. The molecule has 1 aromatic rings. The molecule has 0 amide bonds. The van der Waals surface area contributed by atoms with Gasteiger partial charge in [0.05, 0.1) is 9.82 Å². The van der Waals surface area contributed by atoms with E-state index in [0.717, 1.165) is 0 Å². The van der Waals surface area contributed by atoms with Crippen LogP contribution in [-0.4, -0.2) is 33.8 Å². The van der Waals surface area contributed by atoms with E-state index in [2.05, 4.69) is 5.32 Å². The van der Waals surface area contributed by atoms with Gasteiger partial charge in [-0.05, 0) is 12.5 Å². The zero-order valence-electron chi connectivity index (χ0n) is 11.4. The summed E-state index contributed by atoms with van der Waals surface area (Å²) in [6.45, 7) is 3.76. The molecule has 0 aromatic heterocycles. The predicted molar refractivity (Wildman–Crippen MR) is 78.1 cm³/mol. The van der Waals surface area contributed by atoms with E-state index in [9.17, 15) is 14.9 Å².